The van der Waals surface area contributed by atoms with E-state index in [1.54, 1.807) is 4.68 Å². The summed E-state index contributed by atoms with van der Waals surface area (Å²) in [5.74, 6) is 0. The quantitative estimate of drug-likeness (QED) is 0.676. The Kier molecular flexibility index (Phi) is 3.52. The number of benzene rings is 2. The molecule has 0 N–H and O–H groups in total. The van der Waals surface area contributed by atoms with Crippen LogP contribution in [0.4, 0.5) is 8.78 Å². The van der Waals surface area contributed by atoms with Gasteiger partial charge in [-0.25, -0.2) is 13.5 Å². The van der Waals surface area contributed by atoms with E-state index < -0.39 is 6.43 Å². The predicted octanol–water partition coefficient (Wildman–Crippen LogP) is 4.79. The van der Waals surface area contributed by atoms with E-state index in [0.717, 1.165) is 16.8 Å². The van der Waals surface area contributed by atoms with Gasteiger partial charge in [0, 0.05) is 5.56 Å². The molecule has 2 aromatic carbocycles. The minimum atomic E-state index is -2.58. The molecule has 0 aliphatic rings. The molecular weight excluding hydrogens is 270 g/mol. The fourth-order valence-corrected chi connectivity index (χ4v) is 2.20. The molecule has 0 aliphatic carbocycles. The largest absolute Gasteiger partial charge is 0.282 e. The van der Waals surface area contributed by atoms with Crippen LogP contribution < -0.4 is 0 Å². The number of para-hydroxylation sites is 1. The monoisotopic (exact) mass is 284 g/mol. The van der Waals surface area contributed by atoms with Crippen molar-refractivity contribution in [1.82, 2.24) is 9.78 Å². The molecule has 0 atom stereocenters. The van der Waals surface area contributed by atoms with Crippen molar-refractivity contribution < 1.29 is 8.78 Å². The average Bonchev–Trinajstić information content (AvgIpc) is 2.94. The molecule has 0 fully saturated rings. The molecule has 106 valence electrons. The summed E-state index contributed by atoms with van der Waals surface area (Å²) in [6.07, 6.45) is -2.58. The van der Waals surface area contributed by atoms with Crippen LogP contribution in [0.25, 0.3) is 16.9 Å². The summed E-state index contributed by atoms with van der Waals surface area (Å²) < 4.78 is 27.5. The van der Waals surface area contributed by atoms with Crippen molar-refractivity contribution >= 4 is 0 Å². The normalized spacial score (nSPS) is 11.0. The van der Waals surface area contributed by atoms with Gasteiger partial charge in [-0.1, -0.05) is 48.0 Å². The van der Waals surface area contributed by atoms with Crippen LogP contribution in [0.5, 0.6) is 0 Å². The van der Waals surface area contributed by atoms with Gasteiger partial charge in [0.2, 0.25) is 0 Å². The van der Waals surface area contributed by atoms with E-state index in [9.17, 15) is 8.78 Å². The summed E-state index contributed by atoms with van der Waals surface area (Å²) in [5, 5.41) is 4.05. The van der Waals surface area contributed by atoms with Crippen LogP contribution >= 0.6 is 0 Å². The van der Waals surface area contributed by atoms with Crippen LogP contribution in [0.1, 0.15) is 17.7 Å². The lowest BCUT2D eigenvalue weighted by atomic mass is 10.1. The highest BCUT2D eigenvalue weighted by atomic mass is 19.3. The molecule has 0 saturated carbocycles. The lowest BCUT2D eigenvalue weighted by Gasteiger charge is -2.07. The second kappa shape index (κ2) is 5.48. The van der Waals surface area contributed by atoms with Crippen LogP contribution in [0.3, 0.4) is 0 Å². The third kappa shape index (κ3) is 2.70. The number of hydrogen-bond donors (Lipinski definition) is 0. The summed E-state index contributed by atoms with van der Waals surface area (Å²) in [4.78, 5) is 0. The lowest BCUT2D eigenvalue weighted by Crippen LogP contribution is -1.99. The Morgan fingerprint density at radius 2 is 1.62 bits per heavy atom. The van der Waals surface area contributed by atoms with Gasteiger partial charge in [-0.3, -0.25) is 0 Å². The first kappa shape index (κ1) is 13.5. The number of alkyl halides is 2. The Morgan fingerprint density at radius 3 is 2.24 bits per heavy atom. The van der Waals surface area contributed by atoms with Gasteiger partial charge in [-0.15, -0.1) is 0 Å². The van der Waals surface area contributed by atoms with Gasteiger partial charge in [0.05, 0.1) is 11.4 Å². The lowest BCUT2D eigenvalue weighted by molar-refractivity contribution is 0.145. The minimum absolute atomic E-state index is 0.213. The molecule has 0 saturated heterocycles. The molecule has 3 rings (SSSR count). The van der Waals surface area contributed by atoms with Gasteiger partial charge in [-0.2, -0.15) is 5.10 Å². The Bertz CT molecular complexity index is 731. The van der Waals surface area contributed by atoms with Crippen molar-refractivity contribution in [3.63, 3.8) is 0 Å². The van der Waals surface area contributed by atoms with E-state index in [0.29, 0.717) is 5.69 Å². The van der Waals surface area contributed by atoms with Gasteiger partial charge in [0.25, 0.3) is 6.43 Å². The molecule has 21 heavy (non-hydrogen) atoms. The number of aromatic nitrogens is 2. The van der Waals surface area contributed by atoms with Crippen LogP contribution in [0.15, 0.2) is 60.7 Å². The number of halogens is 2. The summed E-state index contributed by atoms with van der Waals surface area (Å²) in [6, 6.07) is 18.5. The second-order valence-corrected chi connectivity index (χ2v) is 4.87. The Hall–Kier alpha value is -2.49. The first-order valence-electron chi connectivity index (χ1n) is 6.66. The van der Waals surface area contributed by atoms with Crippen molar-refractivity contribution in [2.45, 2.75) is 13.3 Å². The fourth-order valence-electron chi connectivity index (χ4n) is 2.20. The number of nitrogens with zero attached hydrogens (tertiary/aromatic N) is 2. The molecular formula is C17H14F2N2. The van der Waals surface area contributed by atoms with Crippen LogP contribution in [0.2, 0.25) is 0 Å². The predicted molar refractivity (Wildman–Crippen MR) is 78.7 cm³/mol. The molecule has 0 bridgehead atoms. The van der Waals surface area contributed by atoms with Gasteiger partial charge in [0.15, 0.2) is 0 Å². The Labute approximate surface area is 121 Å². The van der Waals surface area contributed by atoms with Crippen molar-refractivity contribution in [2.24, 2.45) is 0 Å². The highest BCUT2D eigenvalue weighted by molar-refractivity contribution is 5.63. The molecule has 1 aromatic heterocycles. The van der Waals surface area contributed by atoms with E-state index in [4.69, 9.17) is 0 Å². The first-order chi connectivity index (χ1) is 10.1. The molecule has 0 spiro atoms. The van der Waals surface area contributed by atoms with Crippen molar-refractivity contribution in [3.05, 3.63) is 71.9 Å². The summed E-state index contributed by atoms with van der Waals surface area (Å²) >= 11 is 0. The molecule has 0 aliphatic heterocycles. The highest BCUT2D eigenvalue weighted by Crippen LogP contribution is 2.28. The highest BCUT2D eigenvalue weighted by Gasteiger charge is 2.17. The number of rotatable bonds is 3. The van der Waals surface area contributed by atoms with Gasteiger partial charge < -0.3 is 0 Å². The maximum absolute atomic E-state index is 13.0. The topological polar surface area (TPSA) is 17.8 Å². The minimum Gasteiger partial charge on any atom is -0.233 e. The van der Waals surface area contributed by atoms with E-state index in [1.807, 2.05) is 61.5 Å². The molecule has 2 nitrogen and oxygen atoms in total. The third-order valence-electron chi connectivity index (χ3n) is 3.30. The smallest absolute Gasteiger partial charge is 0.233 e. The number of hydrogen-bond acceptors (Lipinski definition) is 1. The maximum Gasteiger partial charge on any atom is 0.282 e. The van der Waals surface area contributed by atoms with Gasteiger partial charge in [0.1, 0.15) is 5.69 Å². The second-order valence-electron chi connectivity index (χ2n) is 4.87. The maximum atomic E-state index is 13.0. The molecule has 4 heteroatoms. The zero-order chi connectivity index (χ0) is 14.8. The van der Waals surface area contributed by atoms with Crippen LogP contribution in [0, 0.1) is 6.92 Å². The number of aryl methyl sites for hydroxylation is 1. The van der Waals surface area contributed by atoms with Crippen molar-refractivity contribution in [2.75, 3.05) is 0 Å². The SMILES string of the molecule is Cc1ccc(-c2cc(C(F)F)nn2-c2ccccc2)cc1. The molecule has 0 radical (unpaired) electrons. The standard InChI is InChI=1S/C17H14F2N2/c1-12-7-9-13(10-8-12)16-11-15(17(18)19)20-21(16)14-5-3-2-4-6-14/h2-11,17H,1H3. The molecule has 3 aromatic rings. The molecule has 0 unspecified atom stereocenters. The third-order valence-corrected chi connectivity index (χ3v) is 3.30. The van der Waals surface area contributed by atoms with Crippen molar-refractivity contribution in [1.29, 1.82) is 0 Å². The summed E-state index contributed by atoms with van der Waals surface area (Å²) in [6.45, 7) is 1.99. The zero-order valence-corrected chi connectivity index (χ0v) is 11.5. The summed E-state index contributed by atoms with van der Waals surface area (Å²) in [7, 11) is 0. The molecule has 1 heterocycles. The fraction of sp³-hybridized carbons (Fsp3) is 0.118. The summed E-state index contributed by atoms with van der Waals surface area (Å²) in [5.41, 5.74) is 3.20. The van der Waals surface area contributed by atoms with E-state index >= 15 is 0 Å². The average molecular weight is 284 g/mol. The van der Waals surface area contributed by atoms with Crippen LogP contribution in [-0.2, 0) is 0 Å². The van der Waals surface area contributed by atoms with Gasteiger partial charge in [-0.05, 0) is 25.1 Å². The zero-order valence-electron chi connectivity index (χ0n) is 11.5. The van der Waals surface area contributed by atoms with Gasteiger partial charge >= 0.3 is 0 Å². The van der Waals surface area contributed by atoms with Crippen LogP contribution in [-0.4, -0.2) is 9.78 Å². The van der Waals surface area contributed by atoms with Crippen molar-refractivity contribution in [3.8, 4) is 16.9 Å². The van der Waals surface area contributed by atoms with E-state index in [-0.39, 0.29) is 5.69 Å². The van der Waals surface area contributed by atoms with E-state index in [2.05, 4.69) is 5.10 Å². The molecule has 0 amide bonds. The van der Waals surface area contributed by atoms with E-state index in [1.165, 1.54) is 6.07 Å². The Balaban J connectivity index is 2.16. The Morgan fingerprint density at radius 1 is 0.952 bits per heavy atom. The first-order valence-corrected chi connectivity index (χ1v) is 6.66.